The third-order valence-corrected chi connectivity index (χ3v) is 4.61. The molecule has 1 aliphatic heterocycles. The highest BCUT2D eigenvalue weighted by Gasteiger charge is 2.19. The number of pyridine rings is 1. The Labute approximate surface area is 146 Å². The zero-order valence-electron chi connectivity index (χ0n) is 14.3. The van der Waals surface area contributed by atoms with Gasteiger partial charge in [-0.25, -0.2) is 9.97 Å². The quantitative estimate of drug-likeness (QED) is 0.792. The van der Waals surface area contributed by atoms with Gasteiger partial charge in [-0.1, -0.05) is 18.2 Å². The number of anilines is 1. The lowest BCUT2D eigenvalue weighted by Crippen LogP contribution is -2.46. The van der Waals surface area contributed by atoms with Crippen LogP contribution in [-0.2, 0) is 6.54 Å². The highest BCUT2D eigenvalue weighted by atomic mass is 16.1. The molecule has 1 fully saturated rings. The highest BCUT2D eigenvalue weighted by molar-refractivity contribution is 5.77. The molecule has 6 nitrogen and oxygen atoms in total. The first-order valence-corrected chi connectivity index (χ1v) is 8.58. The van der Waals surface area contributed by atoms with Crippen LogP contribution in [0.1, 0.15) is 11.5 Å². The number of hydrogen-bond acceptors (Lipinski definition) is 5. The fourth-order valence-corrected chi connectivity index (χ4v) is 3.26. The molecule has 0 unspecified atom stereocenters. The molecule has 3 aromatic rings. The Bertz CT molecular complexity index is 944. The Morgan fingerprint density at radius 3 is 2.60 bits per heavy atom. The van der Waals surface area contributed by atoms with Crippen LogP contribution in [0.15, 0.2) is 47.3 Å². The average molecular weight is 335 g/mol. The SMILES string of the molecule is Cc1cccc(N2CCN(Cc3nc4ccccc4c(=O)[nH]3)CC2)n1. The molecule has 0 bridgehead atoms. The number of nitrogens with one attached hydrogen (secondary N) is 1. The molecule has 0 saturated carbocycles. The lowest BCUT2D eigenvalue weighted by molar-refractivity contribution is 0.243. The number of rotatable bonds is 3. The second kappa shape index (κ2) is 6.64. The summed E-state index contributed by atoms with van der Waals surface area (Å²) < 4.78 is 0. The summed E-state index contributed by atoms with van der Waals surface area (Å²) in [5, 5.41) is 0.640. The summed E-state index contributed by atoms with van der Waals surface area (Å²) in [6.07, 6.45) is 0. The zero-order valence-corrected chi connectivity index (χ0v) is 14.3. The van der Waals surface area contributed by atoms with Crippen LogP contribution in [0.25, 0.3) is 10.9 Å². The van der Waals surface area contributed by atoms with Gasteiger partial charge in [-0.15, -0.1) is 0 Å². The number of benzene rings is 1. The van der Waals surface area contributed by atoms with Crippen LogP contribution in [0.5, 0.6) is 0 Å². The molecule has 2 aromatic heterocycles. The van der Waals surface area contributed by atoms with E-state index in [2.05, 4.69) is 30.8 Å². The van der Waals surface area contributed by atoms with Gasteiger partial charge in [0.15, 0.2) is 0 Å². The van der Waals surface area contributed by atoms with Gasteiger partial charge in [0.25, 0.3) is 5.56 Å². The summed E-state index contributed by atoms with van der Waals surface area (Å²) in [6.45, 7) is 6.37. The maximum absolute atomic E-state index is 12.2. The van der Waals surface area contributed by atoms with Gasteiger partial charge in [-0.3, -0.25) is 9.69 Å². The van der Waals surface area contributed by atoms with Gasteiger partial charge in [-0.2, -0.15) is 0 Å². The minimum absolute atomic E-state index is 0.0665. The standard InChI is InChI=1S/C19H21N5O/c1-14-5-4-8-18(20-14)24-11-9-23(10-12-24)13-17-21-16-7-3-2-6-15(16)19(25)22-17/h2-8H,9-13H2,1H3,(H,21,22,25). The Morgan fingerprint density at radius 2 is 1.80 bits per heavy atom. The third kappa shape index (κ3) is 3.39. The zero-order chi connectivity index (χ0) is 17.2. The summed E-state index contributed by atoms with van der Waals surface area (Å²) in [7, 11) is 0. The predicted octanol–water partition coefficient (Wildman–Crippen LogP) is 1.95. The van der Waals surface area contributed by atoms with E-state index >= 15 is 0 Å². The van der Waals surface area contributed by atoms with Crippen LogP contribution >= 0.6 is 0 Å². The fraction of sp³-hybridized carbons (Fsp3) is 0.316. The molecule has 0 aliphatic carbocycles. The lowest BCUT2D eigenvalue weighted by Gasteiger charge is -2.35. The van der Waals surface area contributed by atoms with E-state index in [0.29, 0.717) is 11.9 Å². The van der Waals surface area contributed by atoms with Gasteiger partial charge >= 0.3 is 0 Å². The third-order valence-electron chi connectivity index (χ3n) is 4.61. The van der Waals surface area contributed by atoms with Crippen molar-refractivity contribution in [2.75, 3.05) is 31.1 Å². The van der Waals surface area contributed by atoms with Crippen molar-refractivity contribution in [2.24, 2.45) is 0 Å². The van der Waals surface area contributed by atoms with Gasteiger partial charge in [0.05, 0.1) is 17.4 Å². The van der Waals surface area contributed by atoms with Crippen molar-refractivity contribution in [3.8, 4) is 0 Å². The first kappa shape index (κ1) is 15.8. The van der Waals surface area contributed by atoms with E-state index in [-0.39, 0.29) is 5.56 Å². The maximum atomic E-state index is 12.2. The molecule has 0 atom stereocenters. The fourth-order valence-electron chi connectivity index (χ4n) is 3.26. The smallest absolute Gasteiger partial charge is 0.258 e. The summed E-state index contributed by atoms with van der Waals surface area (Å²) in [5.41, 5.74) is 1.73. The molecule has 0 spiro atoms. The van der Waals surface area contributed by atoms with Crippen LogP contribution in [0.3, 0.4) is 0 Å². The molecular weight excluding hydrogens is 314 g/mol. The van der Waals surface area contributed by atoms with Gasteiger partial charge < -0.3 is 9.88 Å². The van der Waals surface area contributed by atoms with Crippen LogP contribution in [0, 0.1) is 6.92 Å². The van der Waals surface area contributed by atoms with Crippen molar-refractivity contribution in [3.63, 3.8) is 0 Å². The monoisotopic (exact) mass is 335 g/mol. The van der Waals surface area contributed by atoms with Crippen molar-refractivity contribution in [2.45, 2.75) is 13.5 Å². The highest BCUT2D eigenvalue weighted by Crippen LogP contribution is 2.15. The Kier molecular flexibility index (Phi) is 4.19. The van der Waals surface area contributed by atoms with E-state index in [0.717, 1.165) is 49.0 Å². The first-order chi connectivity index (χ1) is 12.2. The minimum Gasteiger partial charge on any atom is -0.354 e. The van der Waals surface area contributed by atoms with Crippen molar-refractivity contribution >= 4 is 16.7 Å². The first-order valence-electron chi connectivity index (χ1n) is 8.58. The van der Waals surface area contributed by atoms with Gasteiger partial charge in [0.1, 0.15) is 11.6 Å². The van der Waals surface area contributed by atoms with Crippen molar-refractivity contribution in [1.29, 1.82) is 0 Å². The molecule has 3 heterocycles. The normalized spacial score (nSPS) is 15.6. The number of aryl methyl sites for hydroxylation is 1. The Balaban J connectivity index is 1.44. The molecule has 6 heteroatoms. The molecule has 128 valence electrons. The van der Waals surface area contributed by atoms with Gasteiger partial charge in [0, 0.05) is 31.9 Å². The minimum atomic E-state index is -0.0665. The van der Waals surface area contributed by atoms with E-state index in [4.69, 9.17) is 0 Å². The number of aromatic amines is 1. The van der Waals surface area contributed by atoms with E-state index in [1.165, 1.54) is 0 Å². The number of H-pyrrole nitrogens is 1. The number of nitrogens with zero attached hydrogens (tertiary/aromatic N) is 4. The summed E-state index contributed by atoms with van der Waals surface area (Å²) >= 11 is 0. The second-order valence-electron chi connectivity index (χ2n) is 6.43. The van der Waals surface area contributed by atoms with Crippen molar-refractivity contribution in [3.05, 3.63) is 64.3 Å². The van der Waals surface area contributed by atoms with E-state index in [1.807, 2.05) is 37.3 Å². The molecule has 1 saturated heterocycles. The van der Waals surface area contributed by atoms with Crippen LogP contribution in [0.4, 0.5) is 5.82 Å². The van der Waals surface area contributed by atoms with E-state index in [1.54, 1.807) is 6.07 Å². The molecule has 1 aliphatic rings. The Morgan fingerprint density at radius 1 is 1.00 bits per heavy atom. The van der Waals surface area contributed by atoms with Crippen molar-refractivity contribution in [1.82, 2.24) is 19.9 Å². The molecule has 0 amide bonds. The second-order valence-corrected chi connectivity index (χ2v) is 6.43. The van der Waals surface area contributed by atoms with Crippen molar-refractivity contribution < 1.29 is 0 Å². The van der Waals surface area contributed by atoms with E-state index in [9.17, 15) is 4.79 Å². The molecule has 25 heavy (non-hydrogen) atoms. The van der Waals surface area contributed by atoms with E-state index < -0.39 is 0 Å². The summed E-state index contributed by atoms with van der Waals surface area (Å²) in [4.78, 5) is 28.9. The maximum Gasteiger partial charge on any atom is 0.258 e. The van der Waals surface area contributed by atoms with Gasteiger partial charge in [-0.05, 0) is 31.2 Å². The lowest BCUT2D eigenvalue weighted by atomic mass is 10.2. The molecule has 1 N–H and O–H groups in total. The molecule has 0 radical (unpaired) electrons. The summed E-state index contributed by atoms with van der Waals surface area (Å²) in [6, 6.07) is 13.6. The van der Waals surface area contributed by atoms with Crippen LogP contribution < -0.4 is 10.5 Å². The van der Waals surface area contributed by atoms with Gasteiger partial charge in [0.2, 0.25) is 0 Å². The number of aromatic nitrogens is 3. The Hall–Kier alpha value is -2.73. The van der Waals surface area contributed by atoms with Crippen LogP contribution in [-0.4, -0.2) is 46.0 Å². The molecule has 4 rings (SSSR count). The average Bonchev–Trinajstić information content (AvgIpc) is 2.62. The molecular formula is C19H21N5O. The number of para-hydroxylation sites is 1. The predicted molar refractivity (Wildman–Crippen MR) is 98.8 cm³/mol. The largest absolute Gasteiger partial charge is 0.354 e. The topological polar surface area (TPSA) is 65.1 Å². The molecule has 1 aromatic carbocycles. The number of hydrogen-bond donors (Lipinski definition) is 1. The number of piperazine rings is 1. The number of fused-ring (bicyclic) bond motifs is 1. The summed E-state index contributed by atoms with van der Waals surface area (Å²) in [5.74, 6) is 1.77. The van der Waals surface area contributed by atoms with Crippen LogP contribution in [0.2, 0.25) is 0 Å².